The van der Waals surface area contributed by atoms with E-state index < -0.39 is 5.97 Å². The molecule has 0 bridgehead atoms. The summed E-state index contributed by atoms with van der Waals surface area (Å²) in [4.78, 5) is 27.3. The monoisotopic (exact) mass is 461 g/mol. The van der Waals surface area contributed by atoms with Crippen molar-refractivity contribution in [2.75, 3.05) is 13.2 Å². The number of benzene rings is 2. The Hall–Kier alpha value is -3.61. The van der Waals surface area contributed by atoms with E-state index in [-0.39, 0.29) is 25.3 Å². The van der Waals surface area contributed by atoms with E-state index in [0.717, 1.165) is 29.8 Å². The average molecular weight is 462 g/mol. The van der Waals surface area contributed by atoms with Gasteiger partial charge in [-0.25, -0.2) is 14.3 Å². The molecule has 1 aromatic heterocycles. The Morgan fingerprint density at radius 1 is 1.03 bits per heavy atom. The molecule has 0 aliphatic carbocycles. The molecule has 1 fully saturated rings. The van der Waals surface area contributed by atoms with E-state index in [4.69, 9.17) is 9.47 Å². The standard InChI is InChI=1S/C27H31N3O4/c1-20(2)16-25-24(17-28-30(25)22-12-7-4-8-13-22)26(31)33-19-23-14-9-15-29(23)27(32)34-18-21-10-5-3-6-11-21/h3-8,10-13,17,20,23H,9,14-16,18-19H2,1-2H3. The maximum absolute atomic E-state index is 13.0. The van der Waals surface area contributed by atoms with E-state index in [1.807, 2.05) is 60.7 Å². The van der Waals surface area contributed by atoms with E-state index in [2.05, 4.69) is 18.9 Å². The van der Waals surface area contributed by atoms with E-state index in [1.54, 1.807) is 15.8 Å². The van der Waals surface area contributed by atoms with Gasteiger partial charge in [0, 0.05) is 6.54 Å². The molecule has 2 heterocycles. The molecule has 2 aromatic carbocycles. The third kappa shape index (κ3) is 5.65. The van der Waals surface area contributed by atoms with Crippen LogP contribution in [0.15, 0.2) is 66.9 Å². The van der Waals surface area contributed by atoms with Crippen molar-refractivity contribution < 1.29 is 19.1 Å². The number of para-hydroxylation sites is 1. The van der Waals surface area contributed by atoms with Gasteiger partial charge < -0.3 is 14.4 Å². The highest BCUT2D eigenvalue weighted by atomic mass is 16.6. The van der Waals surface area contributed by atoms with Gasteiger partial charge >= 0.3 is 12.1 Å². The zero-order valence-corrected chi connectivity index (χ0v) is 19.7. The molecule has 7 heteroatoms. The second-order valence-electron chi connectivity index (χ2n) is 8.98. The van der Waals surface area contributed by atoms with Gasteiger partial charge in [0.1, 0.15) is 18.8 Å². The van der Waals surface area contributed by atoms with Crippen LogP contribution in [0.4, 0.5) is 4.79 Å². The Morgan fingerprint density at radius 2 is 1.74 bits per heavy atom. The first-order chi connectivity index (χ1) is 16.5. The molecule has 3 aromatic rings. The molecule has 0 saturated carbocycles. The number of rotatable bonds is 8. The van der Waals surface area contributed by atoms with Crippen molar-refractivity contribution in [1.82, 2.24) is 14.7 Å². The Balaban J connectivity index is 1.40. The Morgan fingerprint density at radius 3 is 2.44 bits per heavy atom. The molecule has 4 rings (SSSR count). The minimum absolute atomic E-state index is 0.136. The molecule has 34 heavy (non-hydrogen) atoms. The Labute approximate surface area is 200 Å². The molecule has 0 spiro atoms. The summed E-state index contributed by atoms with van der Waals surface area (Å²) in [5.74, 6) is -0.0715. The quantitative estimate of drug-likeness (QED) is 0.440. The van der Waals surface area contributed by atoms with Gasteiger partial charge in [0.05, 0.1) is 23.6 Å². The van der Waals surface area contributed by atoms with Gasteiger partial charge in [0.25, 0.3) is 0 Å². The van der Waals surface area contributed by atoms with Crippen LogP contribution < -0.4 is 0 Å². The van der Waals surface area contributed by atoms with Crippen LogP contribution in [0.5, 0.6) is 0 Å². The molecule has 178 valence electrons. The van der Waals surface area contributed by atoms with Crippen molar-refractivity contribution in [2.45, 2.75) is 45.8 Å². The maximum atomic E-state index is 13.0. The largest absolute Gasteiger partial charge is 0.460 e. The average Bonchev–Trinajstić information content (AvgIpc) is 3.49. The van der Waals surface area contributed by atoms with Crippen molar-refractivity contribution in [3.63, 3.8) is 0 Å². The van der Waals surface area contributed by atoms with Crippen LogP contribution in [-0.2, 0) is 22.5 Å². The van der Waals surface area contributed by atoms with Crippen LogP contribution >= 0.6 is 0 Å². The predicted molar refractivity (Wildman–Crippen MR) is 129 cm³/mol. The molecule has 7 nitrogen and oxygen atoms in total. The third-order valence-electron chi connectivity index (χ3n) is 5.91. The van der Waals surface area contributed by atoms with Crippen LogP contribution in [0.25, 0.3) is 5.69 Å². The van der Waals surface area contributed by atoms with Gasteiger partial charge in [-0.3, -0.25) is 0 Å². The van der Waals surface area contributed by atoms with Crippen LogP contribution in [0, 0.1) is 5.92 Å². The predicted octanol–water partition coefficient (Wildman–Crippen LogP) is 5.03. The van der Waals surface area contributed by atoms with Crippen LogP contribution in [0.1, 0.15) is 48.3 Å². The molecule has 1 aliphatic rings. The lowest BCUT2D eigenvalue weighted by Crippen LogP contribution is -2.39. The minimum atomic E-state index is -0.415. The summed E-state index contributed by atoms with van der Waals surface area (Å²) in [5, 5.41) is 4.47. The Kier molecular flexibility index (Phi) is 7.62. The summed E-state index contributed by atoms with van der Waals surface area (Å²) in [7, 11) is 0. The smallest absolute Gasteiger partial charge is 0.410 e. The minimum Gasteiger partial charge on any atom is -0.460 e. The lowest BCUT2D eigenvalue weighted by atomic mass is 10.0. The van der Waals surface area contributed by atoms with Gasteiger partial charge in [0.2, 0.25) is 0 Å². The number of carbonyl (C=O) groups is 2. The molecule has 1 unspecified atom stereocenters. The number of hydrogen-bond acceptors (Lipinski definition) is 5. The summed E-state index contributed by atoms with van der Waals surface area (Å²) in [5.41, 5.74) is 3.14. The van der Waals surface area contributed by atoms with Gasteiger partial charge in [-0.2, -0.15) is 5.10 Å². The molecule has 1 atom stereocenters. The fourth-order valence-electron chi connectivity index (χ4n) is 4.22. The second-order valence-corrected chi connectivity index (χ2v) is 8.98. The summed E-state index contributed by atoms with van der Waals surface area (Å²) in [6.07, 6.45) is 3.52. The highest BCUT2D eigenvalue weighted by Crippen LogP contribution is 2.22. The summed E-state index contributed by atoms with van der Waals surface area (Å²) in [6.45, 7) is 5.17. The van der Waals surface area contributed by atoms with Crippen molar-refractivity contribution >= 4 is 12.1 Å². The molecule has 1 amide bonds. The molecule has 1 aliphatic heterocycles. The van der Waals surface area contributed by atoms with E-state index in [9.17, 15) is 9.59 Å². The summed E-state index contributed by atoms with van der Waals surface area (Å²) in [6, 6.07) is 19.1. The number of ether oxygens (including phenoxy) is 2. The topological polar surface area (TPSA) is 73.7 Å². The van der Waals surface area contributed by atoms with Crippen molar-refractivity contribution in [3.05, 3.63) is 83.7 Å². The van der Waals surface area contributed by atoms with Gasteiger partial charge in [0.15, 0.2) is 0 Å². The van der Waals surface area contributed by atoms with Gasteiger partial charge in [-0.1, -0.05) is 62.4 Å². The Bertz CT molecular complexity index is 1100. The van der Waals surface area contributed by atoms with E-state index in [1.165, 1.54) is 0 Å². The molecule has 0 radical (unpaired) electrons. The maximum Gasteiger partial charge on any atom is 0.410 e. The first kappa shape index (κ1) is 23.5. The highest BCUT2D eigenvalue weighted by Gasteiger charge is 2.31. The summed E-state index contributed by atoms with van der Waals surface area (Å²) < 4.78 is 13.0. The summed E-state index contributed by atoms with van der Waals surface area (Å²) >= 11 is 0. The number of hydrogen-bond donors (Lipinski definition) is 0. The molecule has 0 N–H and O–H groups in total. The first-order valence-corrected chi connectivity index (χ1v) is 11.8. The number of aromatic nitrogens is 2. The second kappa shape index (κ2) is 11.0. The van der Waals surface area contributed by atoms with Crippen LogP contribution in [0.3, 0.4) is 0 Å². The van der Waals surface area contributed by atoms with Crippen LogP contribution in [0.2, 0.25) is 0 Å². The van der Waals surface area contributed by atoms with Crippen molar-refractivity contribution in [1.29, 1.82) is 0 Å². The SMILES string of the molecule is CC(C)Cc1c(C(=O)OCC2CCCN2C(=O)OCc2ccccc2)cnn1-c1ccccc1. The third-order valence-corrected chi connectivity index (χ3v) is 5.91. The number of nitrogens with zero attached hydrogens (tertiary/aromatic N) is 3. The van der Waals surface area contributed by atoms with Gasteiger partial charge in [-0.05, 0) is 42.9 Å². The molecular formula is C27H31N3O4. The normalized spacial score (nSPS) is 15.5. The number of carbonyl (C=O) groups excluding carboxylic acids is 2. The fraction of sp³-hybridized carbons (Fsp3) is 0.370. The first-order valence-electron chi connectivity index (χ1n) is 11.8. The van der Waals surface area contributed by atoms with Crippen molar-refractivity contribution in [3.8, 4) is 5.69 Å². The molecular weight excluding hydrogens is 430 g/mol. The highest BCUT2D eigenvalue weighted by molar-refractivity contribution is 5.90. The van der Waals surface area contributed by atoms with Crippen molar-refractivity contribution in [2.24, 2.45) is 5.92 Å². The van der Waals surface area contributed by atoms with E-state index in [0.29, 0.717) is 24.4 Å². The lowest BCUT2D eigenvalue weighted by molar-refractivity contribution is 0.0357. The zero-order chi connectivity index (χ0) is 23.9. The lowest BCUT2D eigenvalue weighted by Gasteiger charge is -2.23. The van der Waals surface area contributed by atoms with Crippen LogP contribution in [-0.4, -0.2) is 45.9 Å². The van der Waals surface area contributed by atoms with Gasteiger partial charge in [-0.15, -0.1) is 0 Å². The number of amides is 1. The zero-order valence-electron chi connectivity index (χ0n) is 19.7. The fourth-order valence-corrected chi connectivity index (χ4v) is 4.22. The van der Waals surface area contributed by atoms with E-state index >= 15 is 0 Å². The number of likely N-dealkylation sites (tertiary alicyclic amines) is 1. The molecule has 1 saturated heterocycles. The number of esters is 1.